The van der Waals surface area contributed by atoms with Crippen molar-refractivity contribution in [3.8, 4) is 11.8 Å². The molecule has 1 amide bonds. The Balaban J connectivity index is 3.06. The van der Waals surface area contributed by atoms with E-state index in [1.165, 1.54) is 6.07 Å². The topological polar surface area (TPSA) is 109 Å². The van der Waals surface area contributed by atoms with Crippen LogP contribution in [-0.4, -0.2) is 32.6 Å². The van der Waals surface area contributed by atoms with E-state index in [1.807, 2.05) is 0 Å². The van der Waals surface area contributed by atoms with Gasteiger partial charge < -0.3 is 10.8 Å². The van der Waals surface area contributed by atoms with E-state index in [0.717, 1.165) is 0 Å². The van der Waals surface area contributed by atoms with Gasteiger partial charge in [0.2, 0.25) is 15.9 Å². The van der Waals surface area contributed by atoms with Crippen LogP contribution in [-0.2, 0) is 14.8 Å². The number of amides is 1. The number of hydrogen-bond acceptors (Lipinski definition) is 4. The molecule has 0 fully saturated rings. The summed E-state index contributed by atoms with van der Waals surface area (Å²) in [6.07, 6.45) is 0.253. The summed E-state index contributed by atoms with van der Waals surface area (Å²) in [7, 11) is -3.84. The van der Waals surface area contributed by atoms with Gasteiger partial charge in [0.25, 0.3) is 0 Å². The van der Waals surface area contributed by atoms with E-state index in [-0.39, 0.29) is 17.9 Å². The molecule has 4 N–H and O–H groups in total. The van der Waals surface area contributed by atoms with Crippen molar-refractivity contribution in [3.63, 3.8) is 0 Å². The lowest BCUT2D eigenvalue weighted by Crippen LogP contribution is -2.33. The Morgan fingerprint density at radius 2 is 2.05 bits per heavy atom. The maximum atomic E-state index is 12.0. The largest absolute Gasteiger partial charge is 0.395 e. The molecule has 0 aliphatic heterocycles. The van der Waals surface area contributed by atoms with E-state index in [1.54, 1.807) is 18.2 Å². The van der Waals surface area contributed by atoms with Crippen LogP contribution in [0.5, 0.6) is 0 Å². The summed E-state index contributed by atoms with van der Waals surface area (Å²) < 4.78 is 26.0. The van der Waals surface area contributed by atoms with Gasteiger partial charge in [-0.25, -0.2) is 13.1 Å². The number of carbonyl (C=O) groups excluding carboxylic acids is 1. The summed E-state index contributed by atoms with van der Waals surface area (Å²) in [4.78, 5) is 10.6. The second-order valence-corrected chi connectivity index (χ2v) is 5.30. The molecule has 102 valence electrons. The fourth-order valence-electron chi connectivity index (χ4n) is 1.26. The molecule has 0 atom stereocenters. The minimum absolute atomic E-state index is 0.0262. The van der Waals surface area contributed by atoms with Crippen molar-refractivity contribution < 1.29 is 18.3 Å². The zero-order valence-electron chi connectivity index (χ0n) is 10.1. The molecule has 1 aromatic rings. The van der Waals surface area contributed by atoms with Gasteiger partial charge in [-0.15, -0.1) is 0 Å². The molecule has 7 heteroatoms. The Morgan fingerprint density at radius 1 is 1.37 bits per heavy atom. The fraction of sp³-hybridized carbons (Fsp3) is 0.250. The average molecular weight is 282 g/mol. The molecule has 0 aliphatic carbocycles. The van der Waals surface area contributed by atoms with E-state index < -0.39 is 22.5 Å². The minimum Gasteiger partial charge on any atom is -0.395 e. The number of aliphatic hydroxyl groups excluding tert-OH is 1. The molecular weight excluding hydrogens is 268 g/mol. The number of carbonyl (C=O) groups is 1. The Kier molecular flexibility index (Phi) is 5.51. The molecule has 0 bridgehead atoms. The van der Waals surface area contributed by atoms with Crippen molar-refractivity contribution in [3.05, 3.63) is 29.8 Å². The maximum Gasteiger partial charge on any atom is 0.242 e. The fourth-order valence-corrected chi connectivity index (χ4v) is 2.42. The highest BCUT2D eigenvalue weighted by atomic mass is 32.2. The van der Waals surface area contributed by atoms with Gasteiger partial charge in [0.1, 0.15) is 0 Å². The number of benzene rings is 1. The number of aliphatic hydroxyl groups is 1. The molecule has 6 nitrogen and oxygen atoms in total. The van der Waals surface area contributed by atoms with Crippen molar-refractivity contribution in [2.24, 2.45) is 5.73 Å². The number of primary amides is 1. The van der Waals surface area contributed by atoms with E-state index >= 15 is 0 Å². The Morgan fingerprint density at radius 3 is 2.68 bits per heavy atom. The van der Waals surface area contributed by atoms with E-state index in [4.69, 9.17) is 10.8 Å². The summed E-state index contributed by atoms with van der Waals surface area (Å²) >= 11 is 0. The molecule has 1 rings (SSSR count). The first kappa shape index (κ1) is 15.2. The van der Waals surface area contributed by atoms with E-state index in [0.29, 0.717) is 5.56 Å². The van der Waals surface area contributed by atoms with E-state index in [2.05, 4.69) is 16.6 Å². The summed E-state index contributed by atoms with van der Waals surface area (Å²) in [6, 6.07) is 6.13. The van der Waals surface area contributed by atoms with Gasteiger partial charge in [-0.05, 0) is 12.1 Å². The normalized spacial score (nSPS) is 10.6. The Hall–Kier alpha value is -1.88. The predicted molar refractivity (Wildman–Crippen MR) is 69.4 cm³/mol. The average Bonchev–Trinajstić information content (AvgIpc) is 2.37. The number of hydrogen-bond donors (Lipinski definition) is 3. The van der Waals surface area contributed by atoms with E-state index in [9.17, 15) is 13.2 Å². The molecular formula is C12H14N2O4S. The van der Waals surface area contributed by atoms with Crippen LogP contribution in [0.4, 0.5) is 0 Å². The van der Waals surface area contributed by atoms with Crippen molar-refractivity contribution in [1.82, 2.24) is 4.72 Å². The van der Waals surface area contributed by atoms with Gasteiger partial charge in [-0.3, -0.25) is 4.79 Å². The van der Waals surface area contributed by atoms with Crippen molar-refractivity contribution in [2.75, 3.05) is 13.2 Å². The van der Waals surface area contributed by atoms with Gasteiger partial charge in [0.05, 0.1) is 18.0 Å². The summed E-state index contributed by atoms with van der Waals surface area (Å²) in [5, 5.41) is 8.63. The maximum absolute atomic E-state index is 12.0. The van der Waals surface area contributed by atoms with Crippen molar-refractivity contribution >= 4 is 15.9 Å². The number of sulfonamides is 1. The lowest BCUT2D eigenvalue weighted by Gasteiger charge is -2.06. The second kappa shape index (κ2) is 6.89. The van der Waals surface area contributed by atoms with Crippen molar-refractivity contribution in [2.45, 2.75) is 11.3 Å². The first-order chi connectivity index (χ1) is 8.97. The van der Waals surface area contributed by atoms with Crippen LogP contribution in [0.1, 0.15) is 12.0 Å². The summed E-state index contributed by atoms with van der Waals surface area (Å²) in [5.41, 5.74) is 5.19. The third-order valence-electron chi connectivity index (χ3n) is 2.07. The zero-order valence-corrected chi connectivity index (χ0v) is 10.9. The Bertz CT molecular complexity index is 614. The molecule has 0 spiro atoms. The quantitative estimate of drug-likeness (QED) is 0.613. The molecule has 0 radical (unpaired) electrons. The van der Waals surface area contributed by atoms with Crippen LogP contribution >= 0.6 is 0 Å². The van der Waals surface area contributed by atoms with Gasteiger partial charge >= 0.3 is 0 Å². The van der Waals surface area contributed by atoms with Crippen LogP contribution < -0.4 is 10.5 Å². The predicted octanol–water partition coefficient (Wildman–Crippen LogP) is -0.816. The van der Waals surface area contributed by atoms with Gasteiger partial charge in [-0.2, -0.15) is 0 Å². The standard InChI is InChI=1S/C12H14N2O4S/c13-12(16)9-14-19(17,18)11-7-2-1-5-10(11)6-3-4-8-15/h1-2,5,7,14-15H,4,8-9H2,(H2,13,16). The molecule has 0 aromatic heterocycles. The number of nitrogens with two attached hydrogens (primary N) is 1. The summed E-state index contributed by atoms with van der Waals surface area (Å²) in [5.74, 6) is 4.54. The zero-order chi connectivity index (χ0) is 14.3. The Labute approximate surface area is 111 Å². The molecule has 0 saturated carbocycles. The summed E-state index contributed by atoms with van der Waals surface area (Å²) in [6.45, 7) is -0.567. The van der Waals surface area contributed by atoms with Crippen LogP contribution in [0.2, 0.25) is 0 Å². The highest BCUT2D eigenvalue weighted by Crippen LogP contribution is 2.13. The third kappa shape index (κ3) is 4.71. The molecule has 1 aromatic carbocycles. The molecule has 0 heterocycles. The monoisotopic (exact) mass is 282 g/mol. The SMILES string of the molecule is NC(=O)CNS(=O)(=O)c1ccccc1C#CCCO. The smallest absolute Gasteiger partial charge is 0.242 e. The first-order valence-corrected chi connectivity index (χ1v) is 6.92. The van der Waals surface area contributed by atoms with Crippen LogP contribution in [0.3, 0.4) is 0 Å². The number of nitrogens with one attached hydrogen (secondary N) is 1. The third-order valence-corrected chi connectivity index (χ3v) is 3.53. The van der Waals surface area contributed by atoms with Crippen LogP contribution in [0.15, 0.2) is 29.2 Å². The van der Waals surface area contributed by atoms with Crippen LogP contribution in [0.25, 0.3) is 0 Å². The van der Waals surface area contributed by atoms with Crippen molar-refractivity contribution in [1.29, 1.82) is 0 Å². The van der Waals surface area contributed by atoms with Gasteiger partial charge in [0.15, 0.2) is 0 Å². The molecule has 0 saturated heterocycles. The second-order valence-electron chi connectivity index (χ2n) is 3.56. The highest BCUT2D eigenvalue weighted by molar-refractivity contribution is 7.89. The van der Waals surface area contributed by atoms with Gasteiger partial charge in [-0.1, -0.05) is 24.0 Å². The number of rotatable bonds is 5. The highest BCUT2D eigenvalue weighted by Gasteiger charge is 2.17. The molecule has 19 heavy (non-hydrogen) atoms. The lowest BCUT2D eigenvalue weighted by atomic mass is 10.2. The van der Waals surface area contributed by atoms with Gasteiger partial charge in [0, 0.05) is 12.0 Å². The first-order valence-electron chi connectivity index (χ1n) is 5.44. The minimum atomic E-state index is -3.84. The molecule has 0 aliphatic rings. The lowest BCUT2D eigenvalue weighted by molar-refractivity contribution is -0.116. The van der Waals surface area contributed by atoms with Crippen LogP contribution in [0, 0.1) is 11.8 Å². The molecule has 0 unspecified atom stereocenters.